The highest BCUT2D eigenvalue weighted by molar-refractivity contribution is 7.95. The molecular weight excluding hydrogens is 366 g/mol. The number of aryl methyl sites for hydroxylation is 1. The molecule has 0 aliphatic rings. The van der Waals surface area contributed by atoms with Crippen molar-refractivity contribution in [2.75, 3.05) is 5.32 Å². The van der Waals surface area contributed by atoms with Gasteiger partial charge in [-0.05, 0) is 20.8 Å². The predicted molar refractivity (Wildman–Crippen MR) is 97.6 cm³/mol. The Bertz CT molecular complexity index is 858. The molecular formula is C15H21N3O3S3. The van der Waals surface area contributed by atoms with Gasteiger partial charge in [0, 0.05) is 21.9 Å². The Morgan fingerprint density at radius 1 is 1.08 bits per heavy atom. The SMILES string of the molecule is Cc1csc(S(=O)(=O)C(C)(C)C(=O)Nc2nc(C(C)(C)C)cs2)n1. The highest BCUT2D eigenvalue weighted by atomic mass is 32.2. The zero-order valence-corrected chi connectivity index (χ0v) is 16.9. The van der Waals surface area contributed by atoms with E-state index in [-0.39, 0.29) is 9.75 Å². The maximum absolute atomic E-state index is 12.7. The van der Waals surface area contributed by atoms with Crippen LogP contribution in [0.1, 0.15) is 46.0 Å². The van der Waals surface area contributed by atoms with Crippen LogP contribution in [0.4, 0.5) is 5.13 Å². The first-order chi connectivity index (χ1) is 10.9. The minimum atomic E-state index is -3.89. The molecule has 1 amide bonds. The summed E-state index contributed by atoms with van der Waals surface area (Å²) in [7, 11) is -3.89. The molecule has 0 spiro atoms. The van der Waals surface area contributed by atoms with Crippen molar-refractivity contribution >= 4 is 43.5 Å². The van der Waals surface area contributed by atoms with Gasteiger partial charge in [-0.1, -0.05) is 20.8 Å². The molecule has 0 fully saturated rings. The third kappa shape index (κ3) is 3.52. The standard InChI is InChI=1S/C15H21N3O3S3/c1-9-7-23-13(16-9)24(20,21)15(5,6)11(19)18-12-17-10(8-22-12)14(2,3)4/h7-8H,1-6H3,(H,17,18,19). The third-order valence-corrected chi connectivity index (χ3v) is 8.08. The van der Waals surface area contributed by atoms with Gasteiger partial charge >= 0.3 is 0 Å². The maximum atomic E-state index is 12.7. The molecule has 0 atom stereocenters. The number of rotatable bonds is 4. The summed E-state index contributed by atoms with van der Waals surface area (Å²) in [6.45, 7) is 10.5. The molecule has 0 aliphatic heterocycles. The number of sulfone groups is 1. The van der Waals surface area contributed by atoms with Crippen LogP contribution in [0.25, 0.3) is 0 Å². The van der Waals surface area contributed by atoms with E-state index in [0.29, 0.717) is 10.8 Å². The summed E-state index contributed by atoms with van der Waals surface area (Å²) in [5, 5.41) is 6.53. The number of hydrogen-bond donors (Lipinski definition) is 1. The summed E-state index contributed by atoms with van der Waals surface area (Å²) >= 11 is 2.30. The molecule has 0 unspecified atom stereocenters. The average molecular weight is 388 g/mol. The zero-order valence-electron chi connectivity index (χ0n) is 14.5. The van der Waals surface area contributed by atoms with Crippen LogP contribution in [0, 0.1) is 6.92 Å². The maximum Gasteiger partial charge on any atom is 0.247 e. The summed E-state index contributed by atoms with van der Waals surface area (Å²) in [5.74, 6) is -0.620. The molecule has 6 nitrogen and oxygen atoms in total. The molecule has 2 aromatic rings. The van der Waals surface area contributed by atoms with E-state index < -0.39 is 20.5 Å². The van der Waals surface area contributed by atoms with Gasteiger partial charge in [0.05, 0.1) is 5.69 Å². The van der Waals surface area contributed by atoms with E-state index in [1.54, 1.807) is 12.3 Å². The quantitative estimate of drug-likeness (QED) is 0.868. The fraction of sp³-hybridized carbons (Fsp3) is 0.533. The van der Waals surface area contributed by atoms with Gasteiger partial charge in [0.15, 0.2) is 9.88 Å². The highest BCUT2D eigenvalue weighted by Crippen LogP contribution is 2.31. The minimum Gasteiger partial charge on any atom is -0.301 e. The normalized spacial score (nSPS) is 13.1. The summed E-state index contributed by atoms with van der Waals surface area (Å²) in [6.07, 6.45) is 0. The van der Waals surface area contributed by atoms with Gasteiger partial charge < -0.3 is 5.32 Å². The number of nitrogens with zero attached hydrogens (tertiary/aromatic N) is 2. The number of amides is 1. The molecule has 2 heterocycles. The first kappa shape index (κ1) is 19.0. The molecule has 0 radical (unpaired) electrons. The van der Waals surface area contributed by atoms with E-state index in [2.05, 4.69) is 15.3 Å². The number of anilines is 1. The first-order valence-electron chi connectivity index (χ1n) is 7.30. The van der Waals surface area contributed by atoms with E-state index in [9.17, 15) is 13.2 Å². The second-order valence-corrected chi connectivity index (χ2v) is 11.4. The molecule has 9 heteroatoms. The molecule has 0 aromatic carbocycles. The van der Waals surface area contributed by atoms with Gasteiger partial charge in [0.1, 0.15) is 0 Å². The van der Waals surface area contributed by atoms with E-state index in [1.807, 2.05) is 26.2 Å². The molecule has 0 bridgehead atoms. The van der Waals surface area contributed by atoms with E-state index in [4.69, 9.17) is 0 Å². The summed E-state index contributed by atoms with van der Waals surface area (Å²) in [5.41, 5.74) is 1.32. The van der Waals surface area contributed by atoms with Crippen molar-refractivity contribution < 1.29 is 13.2 Å². The summed E-state index contributed by atoms with van der Waals surface area (Å²) in [6, 6.07) is 0. The van der Waals surface area contributed by atoms with Crippen LogP contribution in [-0.4, -0.2) is 29.0 Å². The molecule has 2 rings (SSSR count). The van der Waals surface area contributed by atoms with Crippen molar-refractivity contribution in [3.63, 3.8) is 0 Å². The second kappa shape index (κ2) is 6.20. The monoisotopic (exact) mass is 387 g/mol. The molecule has 0 saturated heterocycles. The van der Waals surface area contributed by atoms with Crippen LogP contribution in [0.3, 0.4) is 0 Å². The van der Waals surface area contributed by atoms with Crippen LogP contribution in [0.5, 0.6) is 0 Å². The molecule has 0 aliphatic carbocycles. The van der Waals surface area contributed by atoms with Crippen molar-refractivity contribution in [1.29, 1.82) is 0 Å². The van der Waals surface area contributed by atoms with Gasteiger partial charge in [0.2, 0.25) is 20.1 Å². The Balaban J connectivity index is 2.26. The van der Waals surface area contributed by atoms with E-state index in [1.165, 1.54) is 25.2 Å². The van der Waals surface area contributed by atoms with Crippen molar-refractivity contribution in [3.8, 4) is 0 Å². The number of carbonyl (C=O) groups excluding carboxylic acids is 1. The lowest BCUT2D eigenvalue weighted by molar-refractivity contribution is -0.117. The van der Waals surface area contributed by atoms with Crippen LogP contribution in [0.15, 0.2) is 15.1 Å². The number of nitrogens with one attached hydrogen (secondary N) is 1. The smallest absolute Gasteiger partial charge is 0.247 e. The average Bonchev–Trinajstić information content (AvgIpc) is 3.07. The number of hydrogen-bond acceptors (Lipinski definition) is 7. The lowest BCUT2D eigenvalue weighted by atomic mass is 9.93. The summed E-state index contributed by atoms with van der Waals surface area (Å²) < 4.78 is 23.8. The first-order valence-corrected chi connectivity index (χ1v) is 10.5. The third-order valence-electron chi connectivity index (χ3n) is 3.54. The molecule has 1 N–H and O–H groups in total. The minimum absolute atomic E-state index is 0.0466. The van der Waals surface area contributed by atoms with Crippen molar-refractivity contribution in [2.24, 2.45) is 0 Å². The molecule has 24 heavy (non-hydrogen) atoms. The Morgan fingerprint density at radius 2 is 1.71 bits per heavy atom. The summed E-state index contributed by atoms with van der Waals surface area (Å²) in [4.78, 5) is 21.0. The fourth-order valence-corrected chi connectivity index (χ4v) is 5.44. The Labute approximate surface area is 150 Å². The highest BCUT2D eigenvalue weighted by Gasteiger charge is 2.45. The van der Waals surface area contributed by atoms with Crippen molar-refractivity contribution in [3.05, 3.63) is 22.1 Å². The molecule has 0 saturated carbocycles. The van der Waals surface area contributed by atoms with Gasteiger partial charge in [0.25, 0.3) is 0 Å². The van der Waals surface area contributed by atoms with E-state index in [0.717, 1.165) is 17.0 Å². The lowest BCUT2D eigenvalue weighted by Gasteiger charge is -2.21. The van der Waals surface area contributed by atoms with Crippen LogP contribution < -0.4 is 5.32 Å². The molecule has 132 valence electrons. The van der Waals surface area contributed by atoms with E-state index >= 15 is 0 Å². The zero-order chi connectivity index (χ0) is 18.3. The predicted octanol–water partition coefficient (Wildman–Crippen LogP) is 3.40. The van der Waals surface area contributed by atoms with Crippen LogP contribution in [0.2, 0.25) is 0 Å². The Hall–Kier alpha value is -1.32. The number of aromatic nitrogens is 2. The lowest BCUT2D eigenvalue weighted by Crippen LogP contribution is -2.44. The Kier molecular flexibility index (Phi) is 4.91. The van der Waals surface area contributed by atoms with Crippen molar-refractivity contribution in [1.82, 2.24) is 9.97 Å². The number of carbonyl (C=O) groups is 1. The topological polar surface area (TPSA) is 89.0 Å². The van der Waals surface area contributed by atoms with Gasteiger partial charge in [-0.15, -0.1) is 22.7 Å². The second-order valence-electron chi connectivity index (χ2n) is 7.01. The van der Waals surface area contributed by atoms with Crippen LogP contribution >= 0.6 is 22.7 Å². The van der Waals surface area contributed by atoms with Gasteiger partial charge in [-0.3, -0.25) is 4.79 Å². The molecule has 2 aromatic heterocycles. The number of thiazole rings is 2. The van der Waals surface area contributed by atoms with Gasteiger partial charge in [-0.2, -0.15) is 0 Å². The Morgan fingerprint density at radius 3 is 2.17 bits per heavy atom. The van der Waals surface area contributed by atoms with Gasteiger partial charge in [-0.25, -0.2) is 18.4 Å². The fourth-order valence-electron chi connectivity index (χ4n) is 1.72. The van der Waals surface area contributed by atoms with Crippen LogP contribution in [-0.2, 0) is 20.0 Å². The largest absolute Gasteiger partial charge is 0.301 e. The van der Waals surface area contributed by atoms with Crippen molar-refractivity contribution in [2.45, 2.75) is 56.0 Å².